The highest BCUT2D eigenvalue weighted by Gasteiger charge is 1.94. The van der Waals surface area contributed by atoms with Crippen molar-refractivity contribution < 1.29 is 0 Å². The summed E-state index contributed by atoms with van der Waals surface area (Å²) < 4.78 is 0. The van der Waals surface area contributed by atoms with Gasteiger partial charge in [-0.1, -0.05) is 13.2 Å². The van der Waals surface area contributed by atoms with Gasteiger partial charge in [0.2, 0.25) is 0 Å². The Morgan fingerprint density at radius 3 is 2.30 bits per heavy atom. The Morgan fingerprint density at radius 1 is 1.50 bits per heavy atom. The van der Waals surface area contributed by atoms with Gasteiger partial charge < -0.3 is 4.90 Å². The Morgan fingerprint density at radius 2 is 2.00 bits per heavy atom. The zero-order chi connectivity index (χ0) is 7.98. The quantitative estimate of drug-likeness (QED) is 0.461. The molecule has 3 nitrogen and oxygen atoms in total. The number of aliphatic imine (C=N–C) groups is 1. The molecule has 0 saturated carbocycles. The average molecular weight is 137 g/mol. The zero-order valence-electron chi connectivity index (χ0n) is 6.04. The second-order valence-corrected chi connectivity index (χ2v) is 1.54. The summed E-state index contributed by atoms with van der Waals surface area (Å²) in [4.78, 5) is 5.13. The molecule has 0 atom stereocenters. The summed E-state index contributed by atoms with van der Waals surface area (Å²) in [6, 6.07) is 0. The van der Waals surface area contributed by atoms with Gasteiger partial charge in [-0.05, 0) is 0 Å². The highest BCUT2D eigenvalue weighted by Crippen LogP contribution is 1.87. The number of hydrogen-bond donors (Lipinski definition) is 1. The molecule has 54 valence electrons. The van der Waals surface area contributed by atoms with Crippen molar-refractivity contribution in [2.24, 2.45) is 4.99 Å². The Balaban J connectivity index is 4.14. The first-order chi connectivity index (χ1) is 4.76. The summed E-state index contributed by atoms with van der Waals surface area (Å²) in [6.07, 6.45) is 4.41. The second-order valence-electron chi connectivity index (χ2n) is 1.54. The smallest absolute Gasteiger partial charge is 0.147 e. The van der Waals surface area contributed by atoms with E-state index < -0.39 is 0 Å². The van der Waals surface area contributed by atoms with Gasteiger partial charge in [-0.2, -0.15) is 0 Å². The van der Waals surface area contributed by atoms with Gasteiger partial charge in [-0.15, -0.1) is 0 Å². The molecular formula is C7H11N3. The highest BCUT2D eigenvalue weighted by atomic mass is 15.1. The standard InChI is InChI=1S/C7H11N3/c1-4-10(5-2)7(8)6-9-3/h4-6,8H,1-2H2,3H3. The molecule has 0 aliphatic carbocycles. The summed E-state index contributed by atoms with van der Waals surface area (Å²) in [7, 11) is 1.61. The van der Waals surface area contributed by atoms with Crippen LogP contribution < -0.4 is 0 Å². The van der Waals surface area contributed by atoms with Crippen LogP contribution in [0.25, 0.3) is 0 Å². The van der Waals surface area contributed by atoms with Crippen LogP contribution in [0.2, 0.25) is 0 Å². The Labute approximate surface area is 60.9 Å². The summed E-state index contributed by atoms with van der Waals surface area (Å²) in [6.45, 7) is 6.97. The van der Waals surface area contributed by atoms with Crippen LogP contribution >= 0.6 is 0 Å². The van der Waals surface area contributed by atoms with Gasteiger partial charge >= 0.3 is 0 Å². The van der Waals surface area contributed by atoms with Crippen LogP contribution in [0.15, 0.2) is 30.6 Å². The predicted molar refractivity (Wildman–Crippen MR) is 44.4 cm³/mol. The molecule has 0 aliphatic rings. The Bertz CT molecular complexity index is 162. The fourth-order valence-corrected chi connectivity index (χ4v) is 0.460. The van der Waals surface area contributed by atoms with E-state index in [1.807, 2.05) is 0 Å². The van der Waals surface area contributed by atoms with Crippen molar-refractivity contribution in [2.75, 3.05) is 7.05 Å². The van der Waals surface area contributed by atoms with Crippen LogP contribution in [-0.2, 0) is 0 Å². The first-order valence-corrected chi connectivity index (χ1v) is 2.80. The molecule has 0 aromatic carbocycles. The molecular weight excluding hydrogens is 126 g/mol. The fraction of sp³-hybridized carbons (Fsp3) is 0.143. The van der Waals surface area contributed by atoms with E-state index in [1.54, 1.807) is 7.05 Å². The summed E-state index contributed by atoms with van der Waals surface area (Å²) in [5, 5.41) is 7.28. The third-order valence-corrected chi connectivity index (χ3v) is 0.923. The van der Waals surface area contributed by atoms with Crippen LogP contribution in [0.3, 0.4) is 0 Å². The fourth-order valence-electron chi connectivity index (χ4n) is 0.460. The molecule has 0 radical (unpaired) electrons. The van der Waals surface area contributed by atoms with E-state index in [0.29, 0.717) is 0 Å². The lowest BCUT2D eigenvalue weighted by Crippen LogP contribution is -2.19. The summed E-state index contributed by atoms with van der Waals surface area (Å²) in [5.41, 5.74) is 0. The molecule has 0 bridgehead atoms. The molecule has 0 rings (SSSR count). The van der Waals surface area contributed by atoms with Gasteiger partial charge in [0.15, 0.2) is 0 Å². The largest absolute Gasteiger partial charge is 0.309 e. The SMILES string of the molecule is C=CN(C=C)C(=N)C=NC. The topological polar surface area (TPSA) is 39.5 Å². The van der Waals surface area contributed by atoms with Crippen molar-refractivity contribution >= 4 is 12.1 Å². The van der Waals surface area contributed by atoms with Gasteiger partial charge in [0.25, 0.3) is 0 Å². The van der Waals surface area contributed by atoms with Crippen molar-refractivity contribution in [1.82, 2.24) is 4.90 Å². The van der Waals surface area contributed by atoms with Crippen molar-refractivity contribution in [3.8, 4) is 0 Å². The van der Waals surface area contributed by atoms with Crippen molar-refractivity contribution in [1.29, 1.82) is 5.41 Å². The van der Waals surface area contributed by atoms with E-state index in [4.69, 9.17) is 5.41 Å². The third-order valence-electron chi connectivity index (χ3n) is 0.923. The maximum absolute atomic E-state index is 7.28. The van der Waals surface area contributed by atoms with Crippen LogP contribution in [0.5, 0.6) is 0 Å². The van der Waals surface area contributed by atoms with Gasteiger partial charge in [-0.25, -0.2) is 0 Å². The minimum Gasteiger partial charge on any atom is -0.309 e. The molecule has 0 aromatic heterocycles. The number of nitrogens with zero attached hydrogens (tertiary/aromatic N) is 2. The maximum atomic E-state index is 7.28. The van der Waals surface area contributed by atoms with Crippen molar-refractivity contribution in [3.05, 3.63) is 25.6 Å². The molecule has 0 aromatic rings. The lowest BCUT2D eigenvalue weighted by atomic mass is 10.5. The second kappa shape index (κ2) is 4.49. The predicted octanol–water partition coefficient (Wildman–Crippen LogP) is 1.25. The van der Waals surface area contributed by atoms with Gasteiger partial charge in [-0.3, -0.25) is 10.4 Å². The molecule has 0 heterocycles. The van der Waals surface area contributed by atoms with Gasteiger partial charge in [0.1, 0.15) is 5.84 Å². The number of nitrogens with one attached hydrogen (secondary N) is 1. The Hall–Kier alpha value is -1.38. The van der Waals surface area contributed by atoms with E-state index in [-0.39, 0.29) is 5.84 Å². The molecule has 0 aliphatic heterocycles. The highest BCUT2D eigenvalue weighted by molar-refractivity contribution is 6.28. The van der Waals surface area contributed by atoms with E-state index in [2.05, 4.69) is 18.2 Å². The summed E-state index contributed by atoms with van der Waals surface area (Å²) in [5.74, 6) is 0.257. The van der Waals surface area contributed by atoms with Gasteiger partial charge in [0, 0.05) is 19.4 Å². The van der Waals surface area contributed by atoms with E-state index in [9.17, 15) is 0 Å². The normalized spacial score (nSPS) is 9.30. The lowest BCUT2D eigenvalue weighted by molar-refractivity contribution is 0.771. The monoisotopic (exact) mass is 137 g/mol. The van der Waals surface area contributed by atoms with Crippen molar-refractivity contribution in [2.45, 2.75) is 0 Å². The number of hydrogen-bond acceptors (Lipinski definition) is 2. The van der Waals surface area contributed by atoms with Crippen LogP contribution in [-0.4, -0.2) is 24.0 Å². The first kappa shape index (κ1) is 8.62. The number of rotatable bonds is 3. The van der Waals surface area contributed by atoms with E-state index in [1.165, 1.54) is 23.5 Å². The summed E-state index contributed by atoms with van der Waals surface area (Å²) >= 11 is 0. The third kappa shape index (κ3) is 2.26. The molecule has 10 heavy (non-hydrogen) atoms. The van der Waals surface area contributed by atoms with Crippen LogP contribution in [0, 0.1) is 5.41 Å². The minimum absolute atomic E-state index is 0.257. The molecule has 0 saturated heterocycles. The lowest BCUT2D eigenvalue weighted by Gasteiger charge is -2.10. The van der Waals surface area contributed by atoms with E-state index in [0.717, 1.165) is 0 Å². The number of amidine groups is 1. The molecule has 1 N–H and O–H groups in total. The molecule has 3 heteroatoms. The van der Waals surface area contributed by atoms with Crippen LogP contribution in [0.4, 0.5) is 0 Å². The van der Waals surface area contributed by atoms with Crippen LogP contribution in [0.1, 0.15) is 0 Å². The molecule has 0 unspecified atom stereocenters. The molecule has 0 amide bonds. The first-order valence-electron chi connectivity index (χ1n) is 2.80. The maximum Gasteiger partial charge on any atom is 0.147 e. The Kier molecular flexibility index (Phi) is 3.87. The average Bonchev–Trinajstić information content (AvgIpc) is 1.91. The molecule has 0 fully saturated rings. The minimum atomic E-state index is 0.257. The molecule has 0 spiro atoms. The van der Waals surface area contributed by atoms with Gasteiger partial charge in [0.05, 0.1) is 6.21 Å². The zero-order valence-corrected chi connectivity index (χ0v) is 6.04. The van der Waals surface area contributed by atoms with Crippen molar-refractivity contribution in [3.63, 3.8) is 0 Å². The van der Waals surface area contributed by atoms with E-state index >= 15 is 0 Å².